The van der Waals surface area contributed by atoms with E-state index in [1.165, 1.54) is 36.2 Å². The van der Waals surface area contributed by atoms with Crippen molar-refractivity contribution in [1.29, 1.82) is 0 Å². The molecule has 0 saturated carbocycles. The molecule has 1 aromatic heterocycles. The third-order valence-electron chi connectivity index (χ3n) is 4.05. The van der Waals surface area contributed by atoms with Crippen molar-refractivity contribution >= 4 is 0 Å². The minimum Gasteiger partial charge on any atom is -0.349 e. The first kappa shape index (κ1) is 16.3. The lowest BCUT2D eigenvalue weighted by molar-refractivity contribution is 0.456. The van der Waals surface area contributed by atoms with Gasteiger partial charge >= 0.3 is 0 Å². The van der Waals surface area contributed by atoms with Crippen LogP contribution in [0.5, 0.6) is 0 Å². The molecule has 0 amide bonds. The third-order valence-corrected chi connectivity index (χ3v) is 4.05. The van der Waals surface area contributed by atoms with Crippen LogP contribution in [0.4, 0.5) is 0 Å². The summed E-state index contributed by atoms with van der Waals surface area (Å²) in [6.45, 7) is 15.6. The molecule has 0 fully saturated rings. The summed E-state index contributed by atoms with van der Waals surface area (Å²) in [4.78, 5) is 0. The number of aryl methyl sites for hydroxylation is 1. The summed E-state index contributed by atoms with van der Waals surface area (Å²) >= 11 is 0. The van der Waals surface area contributed by atoms with E-state index < -0.39 is 0 Å². The van der Waals surface area contributed by atoms with Gasteiger partial charge in [0.2, 0.25) is 0 Å². The molecular weight excluding hydrogens is 232 g/mol. The molecule has 1 unspecified atom stereocenters. The highest BCUT2D eigenvalue weighted by Crippen LogP contribution is 2.15. The standard InChI is InChI=1S/C17H32N2/c1-7-19-15(5)11-17(16(19)6)12-18-14(4)10-8-9-13(2)3/h11,13-14,18H,7-10,12H2,1-6H3. The molecule has 0 saturated heterocycles. The third kappa shape index (κ3) is 5.02. The number of aromatic nitrogens is 1. The average molecular weight is 264 g/mol. The monoisotopic (exact) mass is 264 g/mol. The molecule has 0 aromatic carbocycles. The molecule has 110 valence electrons. The lowest BCUT2D eigenvalue weighted by Crippen LogP contribution is -2.25. The molecule has 1 N–H and O–H groups in total. The zero-order valence-electron chi connectivity index (χ0n) is 13.7. The summed E-state index contributed by atoms with van der Waals surface area (Å²) in [6.07, 6.45) is 3.96. The molecule has 0 aliphatic rings. The molecule has 0 bridgehead atoms. The van der Waals surface area contributed by atoms with Crippen LogP contribution in [0.1, 0.15) is 63.9 Å². The predicted octanol–water partition coefficient (Wildman–Crippen LogP) is 4.43. The Morgan fingerprint density at radius 3 is 2.37 bits per heavy atom. The van der Waals surface area contributed by atoms with Crippen molar-refractivity contribution in [3.8, 4) is 0 Å². The normalized spacial score (nSPS) is 13.2. The number of nitrogens with one attached hydrogen (secondary N) is 1. The van der Waals surface area contributed by atoms with E-state index in [1.807, 2.05) is 0 Å². The Morgan fingerprint density at radius 2 is 1.84 bits per heavy atom. The Balaban J connectivity index is 2.40. The SMILES string of the molecule is CCn1c(C)cc(CNC(C)CCCC(C)C)c1C. The van der Waals surface area contributed by atoms with Gasteiger partial charge in [0.05, 0.1) is 0 Å². The number of hydrogen-bond donors (Lipinski definition) is 1. The molecule has 1 heterocycles. The van der Waals surface area contributed by atoms with E-state index in [9.17, 15) is 0 Å². The van der Waals surface area contributed by atoms with Gasteiger partial charge in [-0.25, -0.2) is 0 Å². The summed E-state index contributed by atoms with van der Waals surface area (Å²) in [5, 5.41) is 3.66. The van der Waals surface area contributed by atoms with Gasteiger partial charge in [-0.05, 0) is 51.7 Å². The van der Waals surface area contributed by atoms with Crippen molar-refractivity contribution in [2.45, 2.75) is 79.9 Å². The maximum Gasteiger partial charge on any atom is 0.0225 e. The van der Waals surface area contributed by atoms with E-state index in [4.69, 9.17) is 0 Å². The fourth-order valence-electron chi connectivity index (χ4n) is 2.76. The summed E-state index contributed by atoms with van der Waals surface area (Å²) in [6, 6.07) is 2.94. The van der Waals surface area contributed by atoms with Crippen LogP contribution in [0.25, 0.3) is 0 Å². The molecule has 0 radical (unpaired) electrons. The lowest BCUT2D eigenvalue weighted by Gasteiger charge is -2.14. The van der Waals surface area contributed by atoms with Crippen LogP contribution in [0.15, 0.2) is 6.07 Å². The Kier molecular flexibility index (Phi) is 6.64. The smallest absolute Gasteiger partial charge is 0.0225 e. The Morgan fingerprint density at radius 1 is 1.16 bits per heavy atom. The molecule has 2 nitrogen and oxygen atoms in total. The Hall–Kier alpha value is -0.760. The van der Waals surface area contributed by atoms with Crippen LogP contribution in [-0.2, 0) is 13.1 Å². The van der Waals surface area contributed by atoms with Gasteiger partial charge in [-0.2, -0.15) is 0 Å². The van der Waals surface area contributed by atoms with Crippen LogP contribution in [0, 0.1) is 19.8 Å². The van der Waals surface area contributed by atoms with E-state index in [-0.39, 0.29) is 0 Å². The predicted molar refractivity (Wildman–Crippen MR) is 84.6 cm³/mol. The second kappa shape index (κ2) is 7.74. The molecular formula is C17H32N2. The zero-order chi connectivity index (χ0) is 14.4. The minimum atomic E-state index is 0.614. The number of rotatable bonds is 8. The highest BCUT2D eigenvalue weighted by molar-refractivity contribution is 5.26. The molecule has 0 spiro atoms. The van der Waals surface area contributed by atoms with E-state index in [0.29, 0.717) is 6.04 Å². The summed E-state index contributed by atoms with van der Waals surface area (Å²) < 4.78 is 2.39. The van der Waals surface area contributed by atoms with Crippen molar-refractivity contribution in [2.24, 2.45) is 5.92 Å². The topological polar surface area (TPSA) is 17.0 Å². The first-order chi connectivity index (χ1) is 8.95. The highest BCUT2D eigenvalue weighted by atomic mass is 15.0. The maximum atomic E-state index is 3.66. The van der Waals surface area contributed by atoms with Crippen molar-refractivity contribution < 1.29 is 0 Å². The van der Waals surface area contributed by atoms with Crippen LogP contribution in [-0.4, -0.2) is 10.6 Å². The summed E-state index contributed by atoms with van der Waals surface area (Å²) in [5.74, 6) is 0.829. The zero-order valence-corrected chi connectivity index (χ0v) is 13.7. The molecule has 0 aliphatic heterocycles. The Labute approximate surface area is 119 Å². The maximum absolute atomic E-state index is 3.66. The largest absolute Gasteiger partial charge is 0.349 e. The second-order valence-corrected chi connectivity index (χ2v) is 6.25. The summed E-state index contributed by atoms with van der Waals surface area (Å²) in [7, 11) is 0. The fourth-order valence-corrected chi connectivity index (χ4v) is 2.76. The van der Waals surface area contributed by atoms with Crippen LogP contribution in [0.3, 0.4) is 0 Å². The number of hydrogen-bond acceptors (Lipinski definition) is 1. The van der Waals surface area contributed by atoms with Gasteiger partial charge in [-0.1, -0.05) is 26.7 Å². The van der Waals surface area contributed by atoms with Crippen molar-refractivity contribution in [3.63, 3.8) is 0 Å². The fraction of sp³-hybridized carbons (Fsp3) is 0.765. The molecule has 1 rings (SSSR count). The van der Waals surface area contributed by atoms with Gasteiger partial charge < -0.3 is 9.88 Å². The van der Waals surface area contributed by atoms with Crippen molar-refractivity contribution in [3.05, 3.63) is 23.0 Å². The van der Waals surface area contributed by atoms with E-state index in [1.54, 1.807) is 0 Å². The minimum absolute atomic E-state index is 0.614. The molecule has 1 aromatic rings. The second-order valence-electron chi connectivity index (χ2n) is 6.25. The van der Waals surface area contributed by atoms with Gasteiger partial charge in [0.25, 0.3) is 0 Å². The lowest BCUT2D eigenvalue weighted by atomic mass is 10.0. The van der Waals surface area contributed by atoms with Crippen molar-refractivity contribution in [1.82, 2.24) is 9.88 Å². The van der Waals surface area contributed by atoms with E-state index in [0.717, 1.165) is 19.0 Å². The Bertz CT molecular complexity index is 377. The van der Waals surface area contributed by atoms with Gasteiger partial charge in [-0.3, -0.25) is 0 Å². The average Bonchev–Trinajstić information content (AvgIpc) is 2.61. The highest BCUT2D eigenvalue weighted by Gasteiger charge is 2.09. The quantitative estimate of drug-likeness (QED) is 0.735. The molecule has 19 heavy (non-hydrogen) atoms. The van der Waals surface area contributed by atoms with Gasteiger partial charge in [0.1, 0.15) is 0 Å². The van der Waals surface area contributed by atoms with Crippen molar-refractivity contribution in [2.75, 3.05) is 0 Å². The number of nitrogens with zero attached hydrogens (tertiary/aromatic N) is 1. The first-order valence-corrected chi connectivity index (χ1v) is 7.84. The molecule has 1 atom stereocenters. The first-order valence-electron chi connectivity index (χ1n) is 7.84. The van der Waals surface area contributed by atoms with Crippen LogP contribution >= 0.6 is 0 Å². The van der Waals surface area contributed by atoms with Crippen LogP contribution in [0.2, 0.25) is 0 Å². The van der Waals surface area contributed by atoms with E-state index in [2.05, 4.69) is 57.5 Å². The van der Waals surface area contributed by atoms with E-state index >= 15 is 0 Å². The van der Waals surface area contributed by atoms with Gasteiger partial charge in [0, 0.05) is 30.5 Å². The molecule has 2 heteroatoms. The van der Waals surface area contributed by atoms with Gasteiger partial charge in [-0.15, -0.1) is 0 Å². The van der Waals surface area contributed by atoms with Crippen LogP contribution < -0.4 is 5.32 Å². The molecule has 0 aliphatic carbocycles. The summed E-state index contributed by atoms with van der Waals surface area (Å²) in [5.41, 5.74) is 4.25. The van der Waals surface area contributed by atoms with Gasteiger partial charge in [0.15, 0.2) is 0 Å².